The highest BCUT2D eigenvalue weighted by atomic mass is 35.5. The zero-order chi connectivity index (χ0) is 18.4. The molecule has 136 valence electrons. The van der Waals surface area contributed by atoms with Crippen LogP contribution in [0.15, 0.2) is 47.8 Å². The molecular formula is C18H20ClN5OS. The summed E-state index contributed by atoms with van der Waals surface area (Å²) in [5.74, 6) is 0.297. The maximum Gasteiger partial charge on any atom is 0.230 e. The van der Waals surface area contributed by atoms with E-state index in [0.29, 0.717) is 28.1 Å². The SMILES string of the molecule is CN(CCCNC(=O)CSc1nc2ncc(Cl)cc2[nH]1)c1ccccc1. The molecule has 3 rings (SSSR count). The summed E-state index contributed by atoms with van der Waals surface area (Å²) in [6.07, 6.45) is 2.44. The van der Waals surface area contributed by atoms with Crippen LogP contribution in [0.1, 0.15) is 6.42 Å². The number of carbonyl (C=O) groups excluding carboxylic acids is 1. The number of hydrogen-bond acceptors (Lipinski definition) is 5. The van der Waals surface area contributed by atoms with Crippen LogP contribution < -0.4 is 10.2 Å². The molecule has 6 nitrogen and oxygen atoms in total. The lowest BCUT2D eigenvalue weighted by Crippen LogP contribution is -2.29. The lowest BCUT2D eigenvalue weighted by atomic mass is 10.3. The quantitative estimate of drug-likeness (QED) is 0.456. The number of aromatic nitrogens is 3. The van der Waals surface area contributed by atoms with Gasteiger partial charge in [-0.2, -0.15) is 0 Å². The average molecular weight is 390 g/mol. The number of nitrogens with one attached hydrogen (secondary N) is 2. The molecule has 1 aromatic carbocycles. The summed E-state index contributed by atoms with van der Waals surface area (Å²) in [6, 6.07) is 12.0. The lowest BCUT2D eigenvalue weighted by molar-refractivity contribution is -0.118. The summed E-state index contributed by atoms with van der Waals surface area (Å²) in [4.78, 5) is 25.7. The summed E-state index contributed by atoms with van der Waals surface area (Å²) < 4.78 is 0. The van der Waals surface area contributed by atoms with Crippen LogP contribution in [0.2, 0.25) is 5.02 Å². The van der Waals surface area contributed by atoms with Crippen molar-refractivity contribution in [1.82, 2.24) is 20.3 Å². The van der Waals surface area contributed by atoms with Gasteiger partial charge < -0.3 is 15.2 Å². The molecule has 1 amide bonds. The number of H-pyrrole nitrogens is 1. The van der Waals surface area contributed by atoms with E-state index in [1.54, 1.807) is 12.3 Å². The second-order valence-corrected chi connectivity index (χ2v) is 7.22. The van der Waals surface area contributed by atoms with Crippen LogP contribution in [0, 0.1) is 0 Å². The Bertz CT molecular complexity index is 870. The number of halogens is 1. The predicted octanol–water partition coefficient (Wildman–Crippen LogP) is 3.35. The first kappa shape index (κ1) is 18.5. The number of carbonyl (C=O) groups is 1. The molecule has 0 aliphatic carbocycles. The molecular weight excluding hydrogens is 370 g/mol. The summed E-state index contributed by atoms with van der Waals surface area (Å²) in [6.45, 7) is 1.53. The maximum atomic E-state index is 12.0. The number of anilines is 1. The monoisotopic (exact) mass is 389 g/mol. The van der Waals surface area contributed by atoms with Crippen LogP contribution in [0.4, 0.5) is 5.69 Å². The normalized spacial score (nSPS) is 10.8. The second kappa shape index (κ2) is 8.91. The standard InChI is InChI=1S/C18H20ClN5OS/c1-24(14-6-3-2-4-7-14)9-5-8-20-16(25)12-26-18-22-15-10-13(19)11-21-17(15)23-18/h2-4,6-7,10-11H,5,8-9,12H2,1H3,(H,20,25)(H,21,22,23). The first-order chi connectivity index (χ1) is 12.6. The second-order valence-electron chi connectivity index (χ2n) is 5.82. The van der Waals surface area contributed by atoms with Gasteiger partial charge in [0.15, 0.2) is 10.8 Å². The van der Waals surface area contributed by atoms with E-state index in [1.165, 1.54) is 17.4 Å². The van der Waals surface area contributed by atoms with Gasteiger partial charge in [0.25, 0.3) is 0 Å². The number of imidazole rings is 1. The lowest BCUT2D eigenvalue weighted by Gasteiger charge is -2.19. The number of nitrogens with zero attached hydrogens (tertiary/aromatic N) is 3. The van der Waals surface area contributed by atoms with Crippen molar-refractivity contribution in [2.75, 3.05) is 30.8 Å². The number of benzene rings is 1. The van der Waals surface area contributed by atoms with E-state index in [1.807, 2.05) is 18.2 Å². The van der Waals surface area contributed by atoms with Gasteiger partial charge in [-0.15, -0.1) is 0 Å². The first-order valence-electron chi connectivity index (χ1n) is 8.29. The van der Waals surface area contributed by atoms with E-state index >= 15 is 0 Å². The Balaban J connectivity index is 1.37. The van der Waals surface area contributed by atoms with E-state index in [4.69, 9.17) is 11.6 Å². The Hall–Kier alpha value is -2.25. The van der Waals surface area contributed by atoms with Crippen molar-refractivity contribution in [3.05, 3.63) is 47.6 Å². The van der Waals surface area contributed by atoms with E-state index < -0.39 is 0 Å². The van der Waals surface area contributed by atoms with Gasteiger partial charge in [0.1, 0.15) is 0 Å². The highest BCUT2D eigenvalue weighted by Crippen LogP contribution is 2.20. The number of para-hydroxylation sites is 1. The highest BCUT2D eigenvalue weighted by Gasteiger charge is 2.08. The molecule has 0 aliphatic heterocycles. The number of amides is 1. The van der Waals surface area contributed by atoms with Crippen molar-refractivity contribution in [3.8, 4) is 0 Å². The molecule has 2 N–H and O–H groups in total. The number of fused-ring (bicyclic) bond motifs is 1. The Kier molecular flexibility index (Phi) is 6.35. The van der Waals surface area contributed by atoms with E-state index in [-0.39, 0.29) is 5.91 Å². The van der Waals surface area contributed by atoms with Crippen molar-refractivity contribution >= 4 is 46.1 Å². The van der Waals surface area contributed by atoms with Crippen LogP contribution in [-0.4, -0.2) is 46.7 Å². The third kappa shape index (κ3) is 5.12. The number of hydrogen-bond donors (Lipinski definition) is 2. The number of pyridine rings is 1. The summed E-state index contributed by atoms with van der Waals surface area (Å²) in [5.41, 5.74) is 2.54. The van der Waals surface area contributed by atoms with Crippen molar-refractivity contribution in [3.63, 3.8) is 0 Å². The van der Waals surface area contributed by atoms with Crippen molar-refractivity contribution < 1.29 is 4.79 Å². The molecule has 0 bridgehead atoms. The van der Waals surface area contributed by atoms with Crippen LogP contribution in [-0.2, 0) is 4.79 Å². The van der Waals surface area contributed by atoms with E-state index in [9.17, 15) is 4.79 Å². The van der Waals surface area contributed by atoms with Crippen molar-refractivity contribution in [2.45, 2.75) is 11.6 Å². The highest BCUT2D eigenvalue weighted by molar-refractivity contribution is 7.99. The van der Waals surface area contributed by atoms with Crippen molar-refractivity contribution in [1.29, 1.82) is 0 Å². The van der Waals surface area contributed by atoms with E-state index in [0.717, 1.165) is 18.5 Å². The Morgan fingerprint density at radius 2 is 2.15 bits per heavy atom. The predicted molar refractivity (Wildman–Crippen MR) is 107 cm³/mol. The zero-order valence-corrected chi connectivity index (χ0v) is 16.0. The van der Waals surface area contributed by atoms with Crippen LogP contribution in [0.5, 0.6) is 0 Å². The van der Waals surface area contributed by atoms with Crippen LogP contribution >= 0.6 is 23.4 Å². The topological polar surface area (TPSA) is 73.9 Å². The van der Waals surface area contributed by atoms with E-state index in [2.05, 4.69) is 44.3 Å². The Morgan fingerprint density at radius 3 is 2.96 bits per heavy atom. The van der Waals surface area contributed by atoms with Gasteiger partial charge in [0.05, 0.1) is 16.3 Å². The van der Waals surface area contributed by atoms with Gasteiger partial charge in [-0.3, -0.25) is 4.79 Å². The zero-order valence-electron chi connectivity index (χ0n) is 14.4. The Labute approximate surface area is 161 Å². The van der Waals surface area contributed by atoms with Crippen molar-refractivity contribution in [2.24, 2.45) is 0 Å². The fourth-order valence-electron chi connectivity index (χ4n) is 2.46. The molecule has 0 spiro atoms. The summed E-state index contributed by atoms with van der Waals surface area (Å²) in [5, 5.41) is 4.15. The first-order valence-corrected chi connectivity index (χ1v) is 9.65. The molecule has 0 aliphatic rings. The minimum absolute atomic E-state index is 0.0104. The molecule has 8 heteroatoms. The molecule has 0 saturated heterocycles. The average Bonchev–Trinajstić information content (AvgIpc) is 3.06. The fourth-order valence-corrected chi connectivity index (χ4v) is 3.32. The molecule has 2 aromatic heterocycles. The van der Waals surface area contributed by atoms with Gasteiger partial charge in [0, 0.05) is 32.0 Å². The molecule has 0 unspecified atom stereocenters. The molecule has 0 atom stereocenters. The molecule has 0 fully saturated rings. The van der Waals surface area contributed by atoms with Gasteiger partial charge in [-0.25, -0.2) is 9.97 Å². The van der Waals surface area contributed by atoms with Gasteiger partial charge >= 0.3 is 0 Å². The number of thioether (sulfide) groups is 1. The Morgan fingerprint density at radius 1 is 1.35 bits per heavy atom. The molecule has 0 saturated carbocycles. The third-order valence-electron chi connectivity index (χ3n) is 3.81. The molecule has 0 radical (unpaired) electrons. The minimum Gasteiger partial charge on any atom is -0.375 e. The fraction of sp³-hybridized carbons (Fsp3) is 0.278. The number of rotatable bonds is 8. The van der Waals surface area contributed by atoms with Gasteiger partial charge in [-0.05, 0) is 24.6 Å². The van der Waals surface area contributed by atoms with Crippen LogP contribution in [0.25, 0.3) is 11.2 Å². The summed E-state index contributed by atoms with van der Waals surface area (Å²) >= 11 is 7.25. The minimum atomic E-state index is -0.0104. The smallest absolute Gasteiger partial charge is 0.230 e. The number of aromatic amines is 1. The molecule has 26 heavy (non-hydrogen) atoms. The molecule has 3 aromatic rings. The third-order valence-corrected chi connectivity index (χ3v) is 4.89. The van der Waals surface area contributed by atoms with Crippen LogP contribution in [0.3, 0.4) is 0 Å². The largest absolute Gasteiger partial charge is 0.375 e. The van der Waals surface area contributed by atoms with Gasteiger partial charge in [0.2, 0.25) is 5.91 Å². The van der Waals surface area contributed by atoms with Gasteiger partial charge in [-0.1, -0.05) is 41.6 Å². The molecule has 2 heterocycles. The summed E-state index contributed by atoms with van der Waals surface area (Å²) in [7, 11) is 2.05. The maximum absolute atomic E-state index is 12.0.